The molecule has 0 aliphatic heterocycles. The van der Waals surface area contributed by atoms with Gasteiger partial charge in [0.25, 0.3) is 0 Å². The average molecular weight is 248 g/mol. The molecule has 0 radical (unpaired) electrons. The van der Waals surface area contributed by atoms with Gasteiger partial charge in [-0.15, -0.1) is 0 Å². The fourth-order valence-corrected chi connectivity index (χ4v) is 1.21. The monoisotopic (exact) mass is 248 g/mol. The van der Waals surface area contributed by atoms with Crippen molar-refractivity contribution >= 4 is 11.9 Å². The van der Waals surface area contributed by atoms with Gasteiger partial charge in [-0.25, -0.2) is 4.79 Å². The summed E-state index contributed by atoms with van der Waals surface area (Å²) in [5, 5.41) is 19.9. The predicted molar refractivity (Wildman–Crippen MR) is 61.1 cm³/mol. The molecule has 0 amide bonds. The molecule has 0 aliphatic rings. The van der Waals surface area contributed by atoms with E-state index in [9.17, 15) is 9.59 Å². The van der Waals surface area contributed by atoms with E-state index < -0.39 is 11.9 Å². The van der Waals surface area contributed by atoms with Gasteiger partial charge in [0.2, 0.25) is 0 Å². The van der Waals surface area contributed by atoms with Gasteiger partial charge in [-0.05, 0) is 6.54 Å². The summed E-state index contributed by atoms with van der Waals surface area (Å²) in [6.45, 7) is 4.51. The lowest BCUT2D eigenvalue weighted by Gasteiger charge is -2.17. The molecule has 0 unspecified atom stereocenters. The lowest BCUT2D eigenvalue weighted by molar-refractivity contribution is -0.142. The third-order valence-electron chi connectivity index (χ3n) is 2.06. The second-order valence-corrected chi connectivity index (χ2v) is 3.46. The third kappa shape index (κ3) is 11.1. The van der Waals surface area contributed by atoms with Crippen molar-refractivity contribution in [2.45, 2.75) is 6.92 Å². The maximum Gasteiger partial charge on any atom is 0.329 e. The highest BCUT2D eigenvalue weighted by atomic mass is 16.5. The second kappa shape index (κ2) is 10.0. The molecule has 17 heavy (non-hydrogen) atoms. The molecule has 0 heterocycles. The molecule has 7 heteroatoms. The number of hydrogen-bond donors (Lipinski definition) is 3. The number of nitrogens with one attached hydrogen (secondary N) is 1. The first-order chi connectivity index (χ1) is 8.06. The number of nitrogens with zero attached hydrogens (tertiary/aromatic N) is 1. The maximum absolute atomic E-state index is 10.5. The van der Waals surface area contributed by atoms with Crippen LogP contribution in [0.15, 0.2) is 0 Å². The van der Waals surface area contributed by atoms with E-state index in [4.69, 9.17) is 14.9 Å². The van der Waals surface area contributed by atoms with Crippen LogP contribution in [-0.2, 0) is 14.3 Å². The minimum Gasteiger partial charge on any atom is -0.480 e. The lowest BCUT2D eigenvalue weighted by atomic mass is 10.4. The summed E-state index contributed by atoms with van der Waals surface area (Å²) in [4.78, 5) is 22.4. The van der Waals surface area contributed by atoms with Gasteiger partial charge < -0.3 is 20.3 Å². The Morgan fingerprint density at radius 1 is 1.24 bits per heavy atom. The highest BCUT2D eigenvalue weighted by Crippen LogP contribution is 1.85. The first-order valence-corrected chi connectivity index (χ1v) is 5.50. The number of carboxylic acids is 2. The summed E-state index contributed by atoms with van der Waals surface area (Å²) < 4.78 is 4.82. The van der Waals surface area contributed by atoms with Crippen molar-refractivity contribution in [3.8, 4) is 0 Å². The number of aliphatic carboxylic acids is 2. The summed E-state index contributed by atoms with van der Waals surface area (Å²) in [5.74, 6) is -1.82. The fourth-order valence-electron chi connectivity index (χ4n) is 1.21. The van der Waals surface area contributed by atoms with E-state index in [0.717, 1.165) is 0 Å². The Morgan fingerprint density at radius 3 is 2.47 bits per heavy atom. The number of ether oxygens (including phenoxy) is 1. The van der Waals surface area contributed by atoms with Crippen LogP contribution in [0.4, 0.5) is 0 Å². The summed E-state index contributed by atoms with van der Waals surface area (Å²) in [6.07, 6.45) is 0. The largest absolute Gasteiger partial charge is 0.480 e. The Bertz CT molecular complexity index is 235. The maximum atomic E-state index is 10.5. The van der Waals surface area contributed by atoms with Crippen LogP contribution in [0.3, 0.4) is 0 Å². The summed E-state index contributed by atoms with van der Waals surface area (Å²) >= 11 is 0. The van der Waals surface area contributed by atoms with E-state index in [1.807, 2.05) is 6.92 Å². The molecule has 0 bridgehead atoms. The smallest absolute Gasteiger partial charge is 0.329 e. The van der Waals surface area contributed by atoms with Gasteiger partial charge in [0.05, 0.1) is 13.2 Å². The Hall–Kier alpha value is -1.18. The fraction of sp³-hybridized carbons (Fsp3) is 0.800. The molecule has 7 nitrogen and oxygen atoms in total. The number of rotatable bonds is 11. The van der Waals surface area contributed by atoms with Gasteiger partial charge in [-0.1, -0.05) is 6.92 Å². The van der Waals surface area contributed by atoms with Gasteiger partial charge in [0, 0.05) is 19.6 Å². The van der Waals surface area contributed by atoms with Crippen LogP contribution < -0.4 is 5.32 Å². The summed E-state index contributed by atoms with van der Waals surface area (Å²) in [6, 6.07) is 0. The van der Waals surface area contributed by atoms with Gasteiger partial charge in [0.1, 0.15) is 6.61 Å². The zero-order chi connectivity index (χ0) is 13.1. The van der Waals surface area contributed by atoms with Crippen molar-refractivity contribution in [2.24, 2.45) is 0 Å². The minimum absolute atomic E-state index is 0.0354. The molecule has 0 spiro atoms. The Balaban J connectivity index is 3.36. The molecular weight excluding hydrogens is 228 g/mol. The Kier molecular flexibility index (Phi) is 9.31. The van der Waals surface area contributed by atoms with Crippen molar-refractivity contribution in [1.29, 1.82) is 0 Å². The van der Waals surface area contributed by atoms with Crippen LogP contribution in [0.2, 0.25) is 0 Å². The number of carboxylic acid groups (broad SMARTS) is 2. The molecular formula is C10H20N2O5. The van der Waals surface area contributed by atoms with Crippen LogP contribution in [0, 0.1) is 0 Å². The highest BCUT2D eigenvalue weighted by Gasteiger charge is 2.06. The molecule has 0 fully saturated rings. The van der Waals surface area contributed by atoms with Gasteiger partial charge in [-0.2, -0.15) is 0 Å². The second-order valence-electron chi connectivity index (χ2n) is 3.46. The molecule has 0 rings (SSSR count). The molecule has 0 aromatic carbocycles. The standard InChI is InChI=1S/C10H20N2O5/c1-2-12(7-9(13)14)5-3-11-4-6-17-8-10(15)16/h11H,2-8H2,1H3,(H,13,14)(H,15,16). The van der Waals surface area contributed by atoms with Crippen molar-refractivity contribution in [2.75, 3.05) is 45.9 Å². The van der Waals surface area contributed by atoms with Crippen molar-refractivity contribution in [3.05, 3.63) is 0 Å². The first kappa shape index (κ1) is 15.8. The van der Waals surface area contributed by atoms with E-state index in [1.165, 1.54) is 0 Å². The summed E-state index contributed by atoms with van der Waals surface area (Å²) in [7, 11) is 0. The van der Waals surface area contributed by atoms with Crippen LogP contribution in [0.25, 0.3) is 0 Å². The van der Waals surface area contributed by atoms with E-state index in [1.54, 1.807) is 4.90 Å². The number of hydrogen-bond acceptors (Lipinski definition) is 5. The Labute approximate surface area is 100 Å². The number of likely N-dealkylation sites (N-methyl/N-ethyl adjacent to an activating group) is 1. The van der Waals surface area contributed by atoms with E-state index in [-0.39, 0.29) is 13.2 Å². The molecule has 0 aromatic rings. The quantitative estimate of drug-likeness (QED) is 0.407. The molecule has 0 saturated heterocycles. The van der Waals surface area contributed by atoms with Crippen LogP contribution in [-0.4, -0.2) is 73.0 Å². The van der Waals surface area contributed by atoms with Gasteiger partial charge in [-0.3, -0.25) is 9.69 Å². The highest BCUT2D eigenvalue weighted by molar-refractivity contribution is 5.69. The predicted octanol–water partition coefficient (Wildman–Crippen LogP) is -0.916. The summed E-state index contributed by atoms with van der Waals surface area (Å²) in [5.41, 5.74) is 0. The zero-order valence-corrected chi connectivity index (χ0v) is 10.0. The SMILES string of the molecule is CCN(CCNCCOCC(=O)O)CC(=O)O. The molecule has 3 N–H and O–H groups in total. The van der Waals surface area contributed by atoms with E-state index >= 15 is 0 Å². The van der Waals surface area contributed by atoms with E-state index in [2.05, 4.69) is 5.32 Å². The number of carbonyl (C=O) groups is 2. The van der Waals surface area contributed by atoms with Crippen molar-refractivity contribution in [3.63, 3.8) is 0 Å². The van der Waals surface area contributed by atoms with Crippen LogP contribution >= 0.6 is 0 Å². The van der Waals surface area contributed by atoms with E-state index in [0.29, 0.717) is 32.8 Å². The molecule has 0 aliphatic carbocycles. The minimum atomic E-state index is -0.983. The van der Waals surface area contributed by atoms with Crippen molar-refractivity contribution in [1.82, 2.24) is 10.2 Å². The topological polar surface area (TPSA) is 99.1 Å². The normalized spacial score (nSPS) is 10.7. The third-order valence-corrected chi connectivity index (χ3v) is 2.06. The molecule has 0 saturated carbocycles. The van der Waals surface area contributed by atoms with Crippen molar-refractivity contribution < 1.29 is 24.5 Å². The molecule has 100 valence electrons. The van der Waals surface area contributed by atoms with Gasteiger partial charge in [0.15, 0.2) is 0 Å². The van der Waals surface area contributed by atoms with Crippen LogP contribution in [0.1, 0.15) is 6.92 Å². The zero-order valence-electron chi connectivity index (χ0n) is 10.0. The molecule has 0 atom stereocenters. The molecule has 0 aromatic heterocycles. The first-order valence-electron chi connectivity index (χ1n) is 5.50. The van der Waals surface area contributed by atoms with Gasteiger partial charge >= 0.3 is 11.9 Å². The average Bonchev–Trinajstić information content (AvgIpc) is 2.25. The van der Waals surface area contributed by atoms with Crippen LogP contribution in [0.5, 0.6) is 0 Å². The lowest BCUT2D eigenvalue weighted by Crippen LogP contribution is -2.36. The Morgan fingerprint density at radius 2 is 1.94 bits per heavy atom.